The maximum atomic E-state index is 8.86. The minimum absolute atomic E-state index is 0.626. The van der Waals surface area contributed by atoms with Crippen LogP contribution in [-0.2, 0) is 0 Å². The summed E-state index contributed by atoms with van der Waals surface area (Å²) in [5.41, 5.74) is 2.99. The number of nitriles is 1. The maximum absolute atomic E-state index is 8.86. The van der Waals surface area contributed by atoms with Crippen molar-refractivity contribution in [2.24, 2.45) is 0 Å². The Kier molecular flexibility index (Phi) is 3.46. The zero-order valence-corrected chi connectivity index (χ0v) is 9.79. The van der Waals surface area contributed by atoms with E-state index in [1.807, 2.05) is 19.1 Å². The molecule has 2 nitrogen and oxygen atoms in total. The van der Waals surface area contributed by atoms with Crippen LogP contribution in [0.3, 0.4) is 0 Å². The molecule has 0 saturated heterocycles. The molecule has 0 unspecified atom stereocenters. The fourth-order valence-corrected chi connectivity index (χ4v) is 2.36. The second kappa shape index (κ2) is 5.03. The van der Waals surface area contributed by atoms with E-state index in [1.165, 1.54) is 32.1 Å². The van der Waals surface area contributed by atoms with Crippen LogP contribution in [0, 0.1) is 18.3 Å². The highest BCUT2D eigenvalue weighted by Gasteiger charge is 2.12. The lowest BCUT2D eigenvalue weighted by molar-refractivity contribution is 0.463. The average molecular weight is 214 g/mol. The van der Waals surface area contributed by atoms with E-state index >= 15 is 0 Å². The number of hydrogen-bond acceptors (Lipinski definition) is 2. The molecule has 1 aromatic rings. The predicted molar refractivity (Wildman–Crippen MR) is 66.4 cm³/mol. The second-order valence-electron chi connectivity index (χ2n) is 4.62. The minimum atomic E-state index is 0.626. The van der Waals surface area contributed by atoms with E-state index < -0.39 is 0 Å². The Morgan fingerprint density at radius 1 is 1.25 bits per heavy atom. The highest BCUT2D eigenvalue weighted by atomic mass is 14.9. The first-order valence-corrected chi connectivity index (χ1v) is 6.07. The van der Waals surface area contributed by atoms with E-state index in [1.54, 1.807) is 0 Å². The summed E-state index contributed by atoms with van der Waals surface area (Å²) in [6.07, 6.45) is 6.61. The molecule has 0 heterocycles. The number of anilines is 1. The molecule has 0 bridgehead atoms. The highest BCUT2D eigenvalue weighted by Crippen LogP contribution is 2.22. The SMILES string of the molecule is Cc1cc(NC2CCCCC2)ccc1C#N. The number of nitrogens with zero attached hydrogens (tertiary/aromatic N) is 1. The van der Waals surface area contributed by atoms with Gasteiger partial charge in [-0.15, -0.1) is 0 Å². The Balaban J connectivity index is 2.04. The molecule has 0 spiro atoms. The van der Waals surface area contributed by atoms with Crippen LogP contribution < -0.4 is 5.32 Å². The molecular formula is C14H18N2. The zero-order valence-electron chi connectivity index (χ0n) is 9.79. The van der Waals surface area contributed by atoms with Crippen molar-refractivity contribution in [1.82, 2.24) is 0 Å². The Morgan fingerprint density at radius 2 is 2.00 bits per heavy atom. The van der Waals surface area contributed by atoms with Gasteiger partial charge in [-0.25, -0.2) is 0 Å². The first kappa shape index (κ1) is 11.0. The van der Waals surface area contributed by atoms with Gasteiger partial charge in [0.1, 0.15) is 0 Å². The average Bonchev–Trinajstić information content (AvgIpc) is 2.31. The van der Waals surface area contributed by atoms with E-state index in [0.29, 0.717) is 6.04 Å². The van der Waals surface area contributed by atoms with Gasteiger partial charge in [-0.2, -0.15) is 5.26 Å². The summed E-state index contributed by atoms with van der Waals surface area (Å²) in [5, 5.41) is 12.4. The van der Waals surface area contributed by atoms with Crippen molar-refractivity contribution in [3.8, 4) is 6.07 Å². The summed E-state index contributed by atoms with van der Waals surface area (Å²) in [5.74, 6) is 0. The van der Waals surface area contributed by atoms with E-state index in [9.17, 15) is 0 Å². The molecule has 2 heteroatoms. The van der Waals surface area contributed by atoms with E-state index in [-0.39, 0.29) is 0 Å². The molecule has 1 aliphatic carbocycles. The Morgan fingerprint density at radius 3 is 2.62 bits per heavy atom. The molecule has 0 aliphatic heterocycles. The number of nitrogens with one attached hydrogen (secondary N) is 1. The molecule has 1 N–H and O–H groups in total. The van der Waals surface area contributed by atoms with E-state index in [2.05, 4.69) is 17.5 Å². The van der Waals surface area contributed by atoms with Crippen molar-refractivity contribution >= 4 is 5.69 Å². The van der Waals surface area contributed by atoms with E-state index in [0.717, 1.165) is 16.8 Å². The molecule has 2 rings (SSSR count). The molecule has 16 heavy (non-hydrogen) atoms. The van der Waals surface area contributed by atoms with Crippen molar-refractivity contribution in [3.63, 3.8) is 0 Å². The van der Waals surface area contributed by atoms with Gasteiger partial charge in [0.15, 0.2) is 0 Å². The minimum Gasteiger partial charge on any atom is -0.382 e. The van der Waals surface area contributed by atoms with Gasteiger partial charge >= 0.3 is 0 Å². The van der Waals surface area contributed by atoms with Crippen LogP contribution in [0.2, 0.25) is 0 Å². The van der Waals surface area contributed by atoms with Crippen LogP contribution in [-0.4, -0.2) is 6.04 Å². The third-order valence-corrected chi connectivity index (χ3v) is 3.32. The van der Waals surface area contributed by atoms with Crippen LogP contribution in [0.15, 0.2) is 18.2 Å². The summed E-state index contributed by atoms with van der Waals surface area (Å²) in [6, 6.07) is 8.82. The summed E-state index contributed by atoms with van der Waals surface area (Å²) >= 11 is 0. The van der Waals surface area contributed by atoms with Gasteiger partial charge in [-0.3, -0.25) is 0 Å². The number of rotatable bonds is 2. The first-order chi connectivity index (χ1) is 7.79. The van der Waals surface area contributed by atoms with Gasteiger partial charge in [-0.1, -0.05) is 19.3 Å². The summed E-state index contributed by atoms with van der Waals surface area (Å²) in [7, 11) is 0. The second-order valence-corrected chi connectivity index (χ2v) is 4.62. The number of benzene rings is 1. The normalized spacial score (nSPS) is 16.8. The van der Waals surface area contributed by atoms with Gasteiger partial charge in [0.05, 0.1) is 11.6 Å². The van der Waals surface area contributed by atoms with Crippen LogP contribution >= 0.6 is 0 Å². The van der Waals surface area contributed by atoms with Crippen molar-refractivity contribution in [2.45, 2.75) is 45.1 Å². The number of aryl methyl sites for hydroxylation is 1. The van der Waals surface area contributed by atoms with Crippen LogP contribution in [0.1, 0.15) is 43.2 Å². The summed E-state index contributed by atoms with van der Waals surface area (Å²) in [4.78, 5) is 0. The van der Waals surface area contributed by atoms with Crippen molar-refractivity contribution in [2.75, 3.05) is 5.32 Å². The lowest BCUT2D eigenvalue weighted by Crippen LogP contribution is -2.22. The molecule has 0 atom stereocenters. The van der Waals surface area contributed by atoms with Gasteiger partial charge in [0.25, 0.3) is 0 Å². The molecule has 1 fully saturated rings. The third-order valence-electron chi connectivity index (χ3n) is 3.32. The predicted octanol–water partition coefficient (Wildman–Crippen LogP) is 3.61. The van der Waals surface area contributed by atoms with Crippen LogP contribution in [0.5, 0.6) is 0 Å². The van der Waals surface area contributed by atoms with Crippen LogP contribution in [0.4, 0.5) is 5.69 Å². The zero-order chi connectivity index (χ0) is 11.4. The first-order valence-electron chi connectivity index (χ1n) is 6.07. The monoisotopic (exact) mass is 214 g/mol. The largest absolute Gasteiger partial charge is 0.382 e. The third kappa shape index (κ3) is 2.55. The van der Waals surface area contributed by atoms with E-state index in [4.69, 9.17) is 5.26 Å². The molecule has 84 valence electrons. The van der Waals surface area contributed by atoms with Gasteiger partial charge in [0, 0.05) is 11.7 Å². The molecule has 0 radical (unpaired) electrons. The molecule has 0 amide bonds. The standard InChI is InChI=1S/C14H18N2/c1-11-9-14(8-7-12(11)10-15)16-13-5-3-2-4-6-13/h7-9,13,16H,2-6H2,1H3. The smallest absolute Gasteiger partial charge is 0.0994 e. The fourth-order valence-electron chi connectivity index (χ4n) is 2.36. The van der Waals surface area contributed by atoms with Crippen molar-refractivity contribution in [1.29, 1.82) is 5.26 Å². The van der Waals surface area contributed by atoms with Gasteiger partial charge < -0.3 is 5.32 Å². The maximum Gasteiger partial charge on any atom is 0.0994 e. The molecule has 1 saturated carbocycles. The topological polar surface area (TPSA) is 35.8 Å². The molecule has 1 aromatic carbocycles. The number of hydrogen-bond donors (Lipinski definition) is 1. The Hall–Kier alpha value is -1.49. The summed E-state index contributed by atoms with van der Waals surface area (Å²) in [6.45, 7) is 1.99. The molecular weight excluding hydrogens is 196 g/mol. The van der Waals surface area contributed by atoms with Gasteiger partial charge in [0.2, 0.25) is 0 Å². The fraction of sp³-hybridized carbons (Fsp3) is 0.500. The van der Waals surface area contributed by atoms with Crippen LogP contribution in [0.25, 0.3) is 0 Å². The Labute approximate surface area is 97.3 Å². The Bertz CT molecular complexity index is 398. The molecule has 1 aliphatic rings. The highest BCUT2D eigenvalue weighted by molar-refractivity contribution is 5.52. The quantitative estimate of drug-likeness (QED) is 0.816. The molecule has 0 aromatic heterocycles. The van der Waals surface area contributed by atoms with Gasteiger partial charge in [-0.05, 0) is 43.5 Å². The van der Waals surface area contributed by atoms with Crippen molar-refractivity contribution in [3.05, 3.63) is 29.3 Å². The van der Waals surface area contributed by atoms with Crippen molar-refractivity contribution < 1.29 is 0 Å². The lowest BCUT2D eigenvalue weighted by Gasteiger charge is -2.24. The summed E-state index contributed by atoms with van der Waals surface area (Å²) < 4.78 is 0. The lowest BCUT2D eigenvalue weighted by atomic mass is 9.95.